The first-order valence-electron chi connectivity index (χ1n) is 5.56. The Hall–Kier alpha value is -2.08. The van der Waals surface area contributed by atoms with Gasteiger partial charge in [0.1, 0.15) is 5.75 Å². The summed E-state index contributed by atoms with van der Waals surface area (Å²) in [6, 6.07) is 4.67. The molecule has 1 aliphatic heterocycles. The lowest BCUT2D eigenvalue weighted by Gasteiger charge is -2.27. The standard InChI is InChI=1S/C12H14N2O4/c1-7(15)9-3-2-8(4-10(9)16)14-5-11(17)13-12(18)6-14/h2-4,7,15-16H,5-6H2,1H3,(H,13,17,18). The van der Waals surface area contributed by atoms with Crippen molar-refractivity contribution >= 4 is 17.5 Å². The Morgan fingerprint density at radius 3 is 2.39 bits per heavy atom. The summed E-state index contributed by atoms with van der Waals surface area (Å²) in [6.07, 6.45) is -0.773. The van der Waals surface area contributed by atoms with Crippen LogP contribution in [0.25, 0.3) is 0 Å². The van der Waals surface area contributed by atoms with Gasteiger partial charge in [-0.2, -0.15) is 0 Å². The Labute approximate surface area is 104 Å². The third kappa shape index (κ3) is 2.43. The van der Waals surface area contributed by atoms with Crippen molar-refractivity contribution in [2.75, 3.05) is 18.0 Å². The third-order valence-corrected chi connectivity index (χ3v) is 2.78. The van der Waals surface area contributed by atoms with Crippen LogP contribution >= 0.6 is 0 Å². The van der Waals surface area contributed by atoms with Gasteiger partial charge in [-0.15, -0.1) is 0 Å². The van der Waals surface area contributed by atoms with Gasteiger partial charge in [-0.25, -0.2) is 0 Å². The van der Waals surface area contributed by atoms with Crippen molar-refractivity contribution in [3.05, 3.63) is 23.8 Å². The number of carbonyl (C=O) groups is 2. The molecule has 1 saturated heterocycles. The Morgan fingerprint density at radius 2 is 1.89 bits per heavy atom. The molecule has 0 aliphatic carbocycles. The second kappa shape index (κ2) is 4.66. The van der Waals surface area contributed by atoms with Crippen LogP contribution in [0.3, 0.4) is 0 Å². The molecular formula is C12H14N2O4. The molecule has 2 rings (SSSR count). The van der Waals surface area contributed by atoms with Gasteiger partial charge in [-0.3, -0.25) is 14.9 Å². The van der Waals surface area contributed by atoms with Crippen molar-refractivity contribution in [2.24, 2.45) is 0 Å². The molecule has 1 unspecified atom stereocenters. The fraction of sp³-hybridized carbons (Fsp3) is 0.333. The summed E-state index contributed by atoms with van der Waals surface area (Å²) in [5.74, 6) is -0.795. The average molecular weight is 250 g/mol. The van der Waals surface area contributed by atoms with E-state index in [0.29, 0.717) is 11.3 Å². The third-order valence-electron chi connectivity index (χ3n) is 2.78. The molecule has 18 heavy (non-hydrogen) atoms. The lowest BCUT2D eigenvalue weighted by Crippen LogP contribution is -2.51. The first-order chi connectivity index (χ1) is 8.47. The van der Waals surface area contributed by atoms with Gasteiger partial charge in [0.25, 0.3) is 0 Å². The number of phenolic OH excluding ortho intramolecular Hbond substituents is 1. The number of rotatable bonds is 2. The summed E-state index contributed by atoms with van der Waals surface area (Å²) < 4.78 is 0. The van der Waals surface area contributed by atoms with Crippen LogP contribution < -0.4 is 10.2 Å². The van der Waals surface area contributed by atoms with Crippen LogP contribution in [-0.4, -0.2) is 35.1 Å². The van der Waals surface area contributed by atoms with Gasteiger partial charge in [0.05, 0.1) is 19.2 Å². The van der Waals surface area contributed by atoms with Crippen LogP contribution in [0.2, 0.25) is 0 Å². The predicted molar refractivity (Wildman–Crippen MR) is 64.1 cm³/mol. The minimum Gasteiger partial charge on any atom is -0.507 e. The lowest BCUT2D eigenvalue weighted by molar-refractivity contribution is -0.130. The average Bonchev–Trinajstić information content (AvgIpc) is 2.26. The molecule has 1 fully saturated rings. The second-order valence-corrected chi connectivity index (χ2v) is 4.25. The minimum atomic E-state index is -0.773. The van der Waals surface area contributed by atoms with Crippen molar-refractivity contribution in [1.29, 1.82) is 0 Å². The summed E-state index contributed by atoms with van der Waals surface area (Å²) in [5.41, 5.74) is 0.978. The zero-order valence-corrected chi connectivity index (χ0v) is 9.88. The molecule has 1 atom stereocenters. The fourth-order valence-electron chi connectivity index (χ4n) is 1.90. The van der Waals surface area contributed by atoms with E-state index in [2.05, 4.69) is 5.32 Å². The van der Waals surface area contributed by atoms with E-state index in [1.165, 1.54) is 6.07 Å². The van der Waals surface area contributed by atoms with Crippen molar-refractivity contribution in [1.82, 2.24) is 5.32 Å². The molecule has 1 aromatic carbocycles. The molecular weight excluding hydrogens is 236 g/mol. The number of nitrogens with one attached hydrogen (secondary N) is 1. The van der Waals surface area contributed by atoms with E-state index in [1.54, 1.807) is 24.0 Å². The van der Waals surface area contributed by atoms with Gasteiger partial charge in [-0.1, -0.05) is 6.07 Å². The quantitative estimate of drug-likeness (QED) is 0.638. The zero-order chi connectivity index (χ0) is 13.3. The maximum absolute atomic E-state index is 11.2. The van der Waals surface area contributed by atoms with Crippen molar-refractivity contribution < 1.29 is 19.8 Å². The van der Waals surface area contributed by atoms with Gasteiger partial charge in [0.15, 0.2) is 0 Å². The number of phenols is 1. The Kier molecular flexibility index (Phi) is 3.20. The summed E-state index contributed by atoms with van der Waals surface area (Å²) >= 11 is 0. The number of hydrogen-bond donors (Lipinski definition) is 3. The number of carbonyl (C=O) groups excluding carboxylic acids is 2. The number of imide groups is 1. The van der Waals surface area contributed by atoms with Crippen LogP contribution in [0.1, 0.15) is 18.6 Å². The molecule has 1 aromatic rings. The number of nitrogens with zero attached hydrogens (tertiary/aromatic N) is 1. The highest BCUT2D eigenvalue weighted by Crippen LogP contribution is 2.29. The van der Waals surface area contributed by atoms with Crippen LogP contribution in [0.4, 0.5) is 5.69 Å². The van der Waals surface area contributed by atoms with E-state index in [-0.39, 0.29) is 30.7 Å². The van der Waals surface area contributed by atoms with E-state index in [9.17, 15) is 19.8 Å². The van der Waals surface area contributed by atoms with Gasteiger partial charge < -0.3 is 15.1 Å². The maximum Gasteiger partial charge on any atom is 0.246 e. The molecule has 6 heteroatoms. The number of hydrogen-bond acceptors (Lipinski definition) is 5. The van der Waals surface area contributed by atoms with Crippen LogP contribution in [0.5, 0.6) is 5.75 Å². The van der Waals surface area contributed by atoms with E-state index in [1.807, 2.05) is 0 Å². The topological polar surface area (TPSA) is 89.9 Å². The summed E-state index contributed by atoms with van der Waals surface area (Å²) in [4.78, 5) is 24.0. The molecule has 1 heterocycles. The number of anilines is 1. The monoisotopic (exact) mass is 250 g/mol. The molecule has 1 aliphatic rings. The highest BCUT2D eigenvalue weighted by atomic mass is 16.3. The molecule has 0 aromatic heterocycles. The maximum atomic E-state index is 11.2. The fourth-order valence-corrected chi connectivity index (χ4v) is 1.90. The minimum absolute atomic E-state index is 0.0547. The second-order valence-electron chi connectivity index (χ2n) is 4.25. The number of amides is 2. The molecule has 6 nitrogen and oxygen atoms in total. The largest absolute Gasteiger partial charge is 0.507 e. The van der Waals surface area contributed by atoms with E-state index >= 15 is 0 Å². The number of benzene rings is 1. The predicted octanol–water partition coefficient (Wildman–Crippen LogP) is -0.0917. The number of aliphatic hydroxyl groups is 1. The van der Waals surface area contributed by atoms with Crippen molar-refractivity contribution in [2.45, 2.75) is 13.0 Å². The smallest absolute Gasteiger partial charge is 0.246 e. The van der Waals surface area contributed by atoms with Crippen molar-refractivity contribution in [3.63, 3.8) is 0 Å². The van der Waals surface area contributed by atoms with Crippen LogP contribution in [-0.2, 0) is 9.59 Å². The molecule has 0 bridgehead atoms. The molecule has 0 saturated carbocycles. The number of aliphatic hydroxyl groups excluding tert-OH is 1. The SMILES string of the molecule is CC(O)c1ccc(N2CC(=O)NC(=O)C2)cc1O. The van der Waals surface area contributed by atoms with Crippen LogP contribution in [0, 0.1) is 0 Å². The Balaban J connectivity index is 2.26. The lowest BCUT2D eigenvalue weighted by atomic mass is 10.1. The Bertz CT molecular complexity index is 483. The van der Waals surface area contributed by atoms with Gasteiger partial charge in [0, 0.05) is 17.3 Å². The van der Waals surface area contributed by atoms with E-state index < -0.39 is 6.10 Å². The number of aromatic hydroxyl groups is 1. The first kappa shape index (κ1) is 12.4. The first-order valence-corrected chi connectivity index (χ1v) is 5.56. The van der Waals surface area contributed by atoms with E-state index in [0.717, 1.165) is 0 Å². The Morgan fingerprint density at radius 1 is 1.28 bits per heavy atom. The van der Waals surface area contributed by atoms with Gasteiger partial charge in [0.2, 0.25) is 11.8 Å². The molecule has 0 radical (unpaired) electrons. The van der Waals surface area contributed by atoms with Gasteiger partial charge in [-0.05, 0) is 13.0 Å². The number of piperazine rings is 1. The highest BCUT2D eigenvalue weighted by Gasteiger charge is 2.23. The molecule has 96 valence electrons. The van der Waals surface area contributed by atoms with Gasteiger partial charge >= 0.3 is 0 Å². The van der Waals surface area contributed by atoms with E-state index in [4.69, 9.17) is 0 Å². The molecule has 3 N–H and O–H groups in total. The highest BCUT2D eigenvalue weighted by molar-refractivity contribution is 6.02. The van der Waals surface area contributed by atoms with Crippen LogP contribution in [0.15, 0.2) is 18.2 Å². The molecule has 2 amide bonds. The molecule has 0 spiro atoms. The van der Waals surface area contributed by atoms with Crippen molar-refractivity contribution in [3.8, 4) is 5.75 Å². The summed E-state index contributed by atoms with van der Waals surface area (Å²) in [5, 5.41) is 21.4. The zero-order valence-electron chi connectivity index (χ0n) is 9.88. The summed E-state index contributed by atoms with van der Waals surface area (Å²) in [6.45, 7) is 1.69. The summed E-state index contributed by atoms with van der Waals surface area (Å²) in [7, 11) is 0. The normalized spacial score (nSPS) is 17.6.